The Hall–Kier alpha value is -11.6. The Morgan fingerprint density at radius 2 is 0.439 bits per heavy atom. The number of hydrogen-bond acceptors (Lipinski definition) is 8. The Bertz CT molecular complexity index is 6030. The van der Waals surface area contributed by atoms with E-state index in [2.05, 4.69) is 384 Å². The number of para-hydroxylation sites is 5. The molecule has 0 bridgehead atoms. The molecule has 0 radical (unpaired) electrons. The second kappa shape index (κ2) is 25.5. The van der Waals surface area contributed by atoms with Gasteiger partial charge in [-0.25, -0.2) is 0 Å². The van der Waals surface area contributed by atoms with Crippen molar-refractivity contribution in [1.29, 1.82) is 0 Å². The van der Waals surface area contributed by atoms with Crippen LogP contribution in [0, 0.1) is 0 Å². The topological polar surface area (TPSA) is 13.0 Å². The van der Waals surface area contributed by atoms with E-state index in [1.165, 1.54) is 115 Å². The second-order valence-corrected chi connectivity index (χ2v) is 28.6. The van der Waals surface area contributed by atoms with Gasteiger partial charge in [0.1, 0.15) is 0 Å². The van der Waals surface area contributed by atoms with Crippen LogP contribution >= 0.6 is 45.3 Å². The summed E-state index contributed by atoms with van der Waals surface area (Å²) in [6, 6.07) is 131. The van der Waals surface area contributed by atoms with Gasteiger partial charge in [-0.3, -0.25) is 0 Å². The van der Waals surface area contributed by atoms with E-state index in [4.69, 9.17) is 0 Å². The predicted molar refractivity (Wildman–Crippen MR) is 429 cm³/mol. The lowest BCUT2D eigenvalue weighted by molar-refractivity contribution is 1.30. The van der Waals surface area contributed by atoms with Crippen molar-refractivity contribution in [3.8, 4) is 11.1 Å². The fourth-order valence-electron chi connectivity index (χ4n) is 14.1. The molecule has 19 aromatic rings. The second-order valence-electron chi connectivity index (χ2n) is 24.3. The number of anilines is 12. The molecule has 0 saturated heterocycles. The van der Waals surface area contributed by atoms with Crippen LogP contribution in [-0.2, 0) is 0 Å². The lowest BCUT2D eigenvalue weighted by atomic mass is 10.0. The highest BCUT2D eigenvalue weighted by atomic mass is 32.1. The maximum Gasteiger partial charge on any atom is 0.0640 e. The van der Waals surface area contributed by atoms with E-state index >= 15 is 0 Å². The number of thiophene rings is 4. The molecule has 0 aliphatic rings. The molecule has 15 aromatic carbocycles. The molecule has 4 nitrogen and oxygen atoms in total. The maximum atomic E-state index is 2.43. The van der Waals surface area contributed by atoms with E-state index in [1.807, 2.05) is 45.3 Å². The third-order valence-corrected chi connectivity index (χ3v) is 23.1. The summed E-state index contributed by atoms with van der Waals surface area (Å²) in [7, 11) is 0. The summed E-state index contributed by atoms with van der Waals surface area (Å²) in [5, 5.41) is 10.3. The van der Waals surface area contributed by atoms with Gasteiger partial charge in [-0.2, -0.15) is 0 Å². The Balaban J connectivity index is 0.000000143. The van der Waals surface area contributed by atoms with Crippen LogP contribution in [0.2, 0.25) is 0 Å². The van der Waals surface area contributed by atoms with Gasteiger partial charge < -0.3 is 19.6 Å². The molecule has 0 saturated carbocycles. The molecule has 0 unspecified atom stereocenters. The molecule has 0 aliphatic heterocycles. The van der Waals surface area contributed by atoms with Crippen LogP contribution in [0.5, 0.6) is 0 Å². The summed E-state index contributed by atoms with van der Waals surface area (Å²) in [5.41, 5.74) is 16.2. The zero-order chi connectivity index (χ0) is 64.9. The molecule has 8 heteroatoms. The Labute approximate surface area is 584 Å². The van der Waals surface area contributed by atoms with Crippen LogP contribution in [0.4, 0.5) is 68.2 Å². The first kappa shape index (κ1) is 58.9. The van der Waals surface area contributed by atoms with Crippen molar-refractivity contribution in [2.45, 2.75) is 0 Å². The molecule has 0 amide bonds. The molecule has 98 heavy (non-hydrogen) atoms. The average molecular weight is 1330 g/mol. The number of hydrogen-bond donors (Lipinski definition) is 0. The van der Waals surface area contributed by atoms with Gasteiger partial charge in [-0.05, 0) is 157 Å². The highest BCUT2D eigenvalue weighted by Gasteiger charge is 2.26. The molecule has 4 aromatic heterocycles. The Kier molecular flexibility index (Phi) is 15.3. The van der Waals surface area contributed by atoms with Crippen LogP contribution in [0.25, 0.3) is 91.8 Å². The van der Waals surface area contributed by atoms with Crippen LogP contribution in [0.15, 0.2) is 364 Å². The standard InChI is InChI=1S/C48H32N2S2.C42H28N2S2/c1-4-14-33(15-5-1)34-26-28-37(29-27-34)49(35-16-6-2-7-17-35)43-23-12-21-41-47-42(22-13-25-45(47)52-48(41)43)50(36-18-8-3-9-19-36)38-30-31-40-39-20-10-11-24-44(39)51-46(40)32-38;1-4-14-29(15-5-1)43(30-16-6-2-7-17-30)37-23-12-21-35-41-36(22-13-25-39(41)46-42(35)37)44(31-18-8-3-9-19-31)32-26-27-34-33-20-10-11-24-38(33)45-40(34)28-32/h1-32H;1-28H. The third-order valence-electron chi connectivity index (χ3n) is 18.5. The van der Waals surface area contributed by atoms with Crippen molar-refractivity contribution in [1.82, 2.24) is 0 Å². The SMILES string of the molecule is c1ccc(-c2ccc(N(c3ccccc3)c3cccc4c3sc3cccc(N(c5ccccc5)c5ccc6c(c5)sc5ccccc56)c34)cc2)cc1.c1ccc(N(c2ccccc2)c2cccc3c2sc2cccc(N(c4ccccc4)c4ccc5c(c4)sc4ccccc45)c23)cc1. The highest BCUT2D eigenvalue weighted by molar-refractivity contribution is 7.27. The van der Waals surface area contributed by atoms with Crippen LogP contribution in [0.1, 0.15) is 0 Å². The molecule has 0 fully saturated rings. The van der Waals surface area contributed by atoms with Gasteiger partial charge in [0.05, 0.1) is 32.1 Å². The van der Waals surface area contributed by atoms with Crippen LogP contribution in [0.3, 0.4) is 0 Å². The van der Waals surface area contributed by atoms with Gasteiger partial charge >= 0.3 is 0 Å². The first-order chi connectivity index (χ1) is 48.6. The van der Waals surface area contributed by atoms with E-state index < -0.39 is 0 Å². The van der Waals surface area contributed by atoms with Gasteiger partial charge in [0.15, 0.2) is 0 Å². The summed E-state index contributed by atoms with van der Waals surface area (Å²) in [6.45, 7) is 0. The van der Waals surface area contributed by atoms with Crippen LogP contribution < -0.4 is 19.6 Å². The minimum atomic E-state index is 1.12. The number of fused-ring (bicyclic) bond motifs is 12. The van der Waals surface area contributed by atoms with Crippen molar-refractivity contribution < 1.29 is 0 Å². The summed E-state index contributed by atoms with van der Waals surface area (Å²) in [6.07, 6.45) is 0. The van der Waals surface area contributed by atoms with E-state index in [1.54, 1.807) is 0 Å². The largest absolute Gasteiger partial charge is 0.310 e. The van der Waals surface area contributed by atoms with Crippen molar-refractivity contribution in [3.05, 3.63) is 364 Å². The normalized spacial score (nSPS) is 11.5. The molecule has 0 N–H and O–H groups in total. The number of benzene rings is 15. The van der Waals surface area contributed by atoms with Gasteiger partial charge in [-0.1, -0.05) is 218 Å². The zero-order valence-electron chi connectivity index (χ0n) is 53.1. The maximum absolute atomic E-state index is 2.43. The molecule has 464 valence electrons. The van der Waals surface area contributed by atoms with E-state index in [0.29, 0.717) is 0 Å². The first-order valence-corrected chi connectivity index (χ1v) is 36.2. The molecular weight excluding hydrogens is 1270 g/mol. The summed E-state index contributed by atoms with van der Waals surface area (Å²) >= 11 is 7.46. The Morgan fingerprint density at radius 3 is 0.837 bits per heavy atom. The molecule has 0 atom stereocenters. The predicted octanol–water partition coefficient (Wildman–Crippen LogP) is 28.4. The van der Waals surface area contributed by atoms with Crippen molar-refractivity contribution in [2.24, 2.45) is 0 Å². The summed E-state index contributed by atoms with van der Waals surface area (Å²) in [4.78, 5) is 9.64. The average Bonchev–Trinajstić information content (AvgIpc) is 1.57. The van der Waals surface area contributed by atoms with Crippen molar-refractivity contribution in [3.63, 3.8) is 0 Å². The fraction of sp³-hybridized carbons (Fsp3) is 0. The number of rotatable bonds is 13. The summed E-state index contributed by atoms with van der Waals surface area (Å²) < 4.78 is 10.3. The van der Waals surface area contributed by atoms with Crippen molar-refractivity contribution >= 4 is 194 Å². The lowest BCUT2D eigenvalue weighted by Gasteiger charge is -2.27. The quantitative estimate of drug-likeness (QED) is 0.114. The molecular formula is C90H60N4S4. The van der Waals surface area contributed by atoms with E-state index in [0.717, 1.165) is 45.5 Å². The fourth-order valence-corrected chi connectivity index (χ4v) is 18.8. The lowest BCUT2D eigenvalue weighted by Crippen LogP contribution is -2.10. The van der Waals surface area contributed by atoms with E-state index in [-0.39, 0.29) is 0 Å². The zero-order valence-corrected chi connectivity index (χ0v) is 56.3. The molecule has 0 spiro atoms. The number of nitrogens with zero attached hydrogens (tertiary/aromatic N) is 4. The molecule has 19 rings (SSSR count). The summed E-state index contributed by atoms with van der Waals surface area (Å²) in [5.74, 6) is 0. The van der Waals surface area contributed by atoms with Gasteiger partial charge in [0.2, 0.25) is 0 Å². The van der Waals surface area contributed by atoms with Crippen molar-refractivity contribution in [2.75, 3.05) is 19.6 Å². The monoisotopic (exact) mass is 1320 g/mol. The minimum Gasteiger partial charge on any atom is -0.310 e. The van der Waals surface area contributed by atoms with E-state index in [9.17, 15) is 0 Å². The van der Waals surface area contributed by atoms with Gasteiger partial charge in [0.25, 0.3) is 0 Å². The highest BCUT2D eigenvalue weighted by Crippen LogP contribution is 2.53. The molecule has 4 heterocycles. The minimum absolute atomic E-state index is 1.12. The first-order valence-electron chi connectivity index (χ1n) is 33.0. The third kappa shape index (κ3) is 10.7. The van der Waals surface area contributed by atoms with Crippen LogP contribution in [-0.4, -0.2) is 0 Å². The van der Waals surface area contributed by atoms with Gasteiger partial charge in [0, 0.05) is 117 Å². The molecule has 0 aliphatic carbocycles. The van der Waals surface area contributed by atoms with Gasteiger partial charge in [-0.15, -0.1) is 45.3 Å². The smallest absolute Gasteiger partial charge is 0.0640 e. The Morgan fingerprint density at radius 1 is 0.163 bits per heavy atom.